The van der Waals surface area contributed by atoms with Crippen LogP contribution in [0.2, 0.25) is 0 Å². The van der Waals surface area contributed by atoms with E-state index in [0.29, 0.717) is 6.42 Å². The van der Waals surface area contributed by atoms with Gasteiger partial charge in [-0.2, -0.15) is 13.2 Å². The van der Waals surface area contributed by atoms with Gasteiger partial charge in [0, 0.05) is 5.56 Å². The highest BCUT2D eigenvalue weighted by Crippen LogP contribution is 2.36. The average molecular weight is 265 g/mol. The molecule has 0 aromatic heterocycles. The van der Waals surface area contributed by atoms with E-state index in [2.05, 4.69) is 0 Å². The maximum atomic E-state index is 13.5. The number of alkyl halides is 3. The molecule has 0 spiro atoms. The fourth-order valence-electron chi connectivity index (χ4n) is 1.79. The molecule has 0 aliphatic carbocycles. The Morgan fingerprint density at radius 3 is 2.44 bits per heavy atom. The van der Waals surface area contributed by atoms with Crippen molar-refractivity contribution in [1.82, 2.24) is 0 Å². The van der Waals surface area contributed by atoms with Crippen molar-refractivity contribution in [3.63, 3.8) is 0 Å². The van der Waals surface area contributed by atoms with Gasteiger partial charge in [-0.1, -0.05) is 19.4 Å². The summed E-state index contributed by atoms with van der Waals surface area (Å²) in [7, 11) is 0. The van der Waals surface area contributed by atoms with Gasteiger partial charge in [-0.25, -0.2) is 4.39 Å². The standard InChI is InChI=1S/C12H15F4NO/c1-2-4-9(18)11(17)10-7(12(14,15)16)5-3-6-8(10)13/h3,5-6,9,11,18H,2,4,17H2,1H3/t9-,11-/m0/s1. The monoisotopic (exact) mass is 265 g/mol. The van der Waals surface area contributed by atoms with Gasteiger partial charge in [-0.05, 0) is 18.6 Å². The Morgan fingerprint density at radius 1 is 1.33 bits per heavy atom. The van der Waals surface area contributed by atoms with Crippen molar-refractivity contribution >= 4 is 0 Å². The van der Waals surface area contributed by atoms with E-state index in [1.165, 1.54) is 0 Å². The van der Waals surface area contributed by atoms with E-state index in [1.807, 2.05) is 0 Å². The highest BCUT2D eigenvalue weighted by atomic mass is 19.4. The molecule has 2 atom stereocenters. The van der Waals surface area contributed by atoms with E-state index in [1.54, 1.807) is 6.92 Å². The summed E-state index contributed by atoms with van der Waals surface area (Å²) in [6.07, 6.45) is -5.13. The average Bonchev–Trinajstić information content (AvgIpc) is 2.27. The van der Waals surface area contributed by atoms with Crippen molar-refractivity contribution in [2.24, 2.45) is 5.73 Å². The molecule has 102 valence electrons. The molecule has 0 bridgehead atoms. The number of halogens is 4. The summed E-state index contributed by atoms with van der Waals surface area (Å²) < 4.78 is 51.7. The largest absolute Gasteiger partial charge is 0.416 e. The molecule has 2 nitrogen and oxygen atoms in total. The minimum absolute atomic E-state index is 0.215. The topological polar surface area (TPSA) is 46.2 Å². The summed E-state index contributed by atoms with van der Waals surface area (Å²) >= 11 is 0. The van der Waals surface area contributed by atoms with E-state index in [-0.39, 0.29) is 6.42 Å². The summed E-state index contributed by atoms with van der Waals surface area (Å²) in [6.45, 7) is 1.75. The second-order valence-electron chi connectivity index (χ2n) is 4.08. The number of rotatable bonds is 4. The molecule has 1 aromatic rings. The highest BCUT2D eigenvalue weighted by molar-refractivity contribution is 5.34. The molecule has 1 rings (SSSR count). The van der Waals surface area contributed by atoms with Crippen LogP contribution in [0.15, 0.2) is 18.2 Å². The van der Waals surface area contributed by atoms with Crippen LogP contribution < -0.4 is 5.73 Å². The SMILES string of the molecule is CCC[C@H](O)[C@H](N)c1c(F)cccc1C(F)(F)F. The lowest BCUT2D eigenvalue weighted by atomic mass is 9.94. The molecule has 0 unspecified atom stereocenters. The molecule has 1 aromatic carbocycles. The Kier molecular flexibility index (Phi) is 4.70. The van der Waals surface area contributed by atoms with Gasteiger partial charge in [0.15, 0.2) is 0 Å². The predicted molar refractivity (Wildman–Crippen MR) is 59.2 cm³/mol. The smallest absolute Gasteiger partial charge is 0.391 e. The zero-order valence-electron chi connectivity index (χ0n) is 9.84. The van der Waals surface area contributed by atoms with Crippen LogP contribution in [0.25, 0.3) is 0 Å². The molecule has 0 saturated carbocycles. The van der Waals surface area contributed by atoms with Gasteiger partial charge in [0.25, 0.3) is 0 Å². The van der Waals surface area contributed by atoms with E-state index < -0.39 is 35.3 Å². The number of hydrogen-bond acceptors (Lipinski definition) is 2. The van der Waals surface area contributed by atoms with Gasteiger partial charge < -0.3 is 10.8 Å². The van der Waals surface area contributed by atoms with Crippen LogP contribution in [0, 0.1) is 5.82 Å². The third kappa shape index (κ3) is 3.20. The van der Waals surface area contributed by atoms with Crippen LogP contribution in [-0.4, -0.2) is 11.2 Å². The number of nitrogens with two attached hydrogens (primary N) is 1. The Balaban J connectivity index is 3.22. The summed E-state index contributed by atoms with van der Waals surface area (Å²) in [4.78, 5) is 0. The Labute approximate surface area is 102 Å². The van der Waals surface area contributed by atoms with Gasteiger partial charge in [0.05, 0.1) is 17.7 Å². The highest BCUT2D eigenvalue weighted by Gasteiger charge is 2.37. The quantitative estimate of drug-likeness (QED) is 0.822. The normalized spacial score (nSPS) is 15.5. The maximum Gasteiger partial charge on any atom is 0.416 e. The third-order valence-electron chi connectivity index (χ3n) is 2.69. The Hall–Kier alpha value is -1.14. The minimum atomic E-state index is -4.69. The molecule has 0 radical (unpaired) electrons. The fourth-order valence-corrected chi connectivity index (χ4v) is 1.79. The van der Waals surface area contributed by atoms with E-state index >= 15 is 0 Å². The Bertz CT molecular complexity index is 406. The fraction of sp³-hybridized carbons (Fsp3) is 0.500. The molecule has 0 amide bonds. The lowest BCUT2D eigenvalue weighted by Crippen LogP contribution is -2.29. The van der Waals surface area contributed by atoms with Crippen molar-refractivity contribution in [2.75, 3.05) is 0 Å². The Morgan fingerprint density at radius 2 is 1.94 bits per heavy atom. The van der Waals surface area contributed by atoms with Crippen molar-refractivity contribution in [2.45, 2.75) is 38.1 Å². The zero-order chi connectivity index (χ0) is 13.9. The van der Waals surface area contributed by atoms with Crippen LogP contribution in [-0.2, 0) is 6.18 Å². The van der Waals surface area contributed by atoms with Gasteiger partial charge in [-0.15, -0.1) is 0 Å². The van der Waals surface area contributed by atoms with Crippen LogP contribution in [0.3, 0.4) is 0 Å². The third-order valence-corrected chi connectivity index (χ3v) is 2.69. The van der Waals surface area contributed by atoms with Crippen molar-refractivity contribution in [1.29, 1.82) is 0 Å². The molecule has 0 heterocycles. The minimum Gasteiger partial charge on any atom is -0.391 e. The molecule has 0 aliphatic heterocycles. The summed E-state index contributed by atoms with van der Waals surface area (Å²) in [5.41, 5.74) is 3.72. The second kappa shape index (κ2) is 5.67. The molecular formula is C12H15F4NO. The predicted octanol–water partition coefficient (Wildman–Crippen LogP) is 3.01. The zero-order valence-corrected chi connectivity index (χ0v) is 9.84. The molecular weight excluding hydrogens is 250 g/mol. The second-order valence-corrected chi connectivity index (χ2v) is 4.08. The van der Waals surface area contributed by atoms with Crippen LogP contribution in [0.4, 0.5) is 17.6 Å². The maximum absolute atomic E-state index is 13.5. The first-order chi connectivity index (χ1) is 8.29. The number of benzene rings is 1. The molecule has 3 N–H and O–H groups in total. The molecule has 0 aliphatic rings. The van der Waals surface area contributed by atoms with Gasteiger partial charge in [0.1, 0.15) is 5.82 Å². The van der Waals surface area contributed by atoms with Gasteiger partial charge in [0.2, 0.25) is 0 Å². The first-order valence-corrected chi connectivity index (χ1v) is 5.58. The van der Waals surface area contributed by atoms with Crippen LogP contribution in [0.5, 0.6) is 0 Å². The van der Waals surface area contributed by atoms with Gasteiger partial charge >= 0.3 is 6.18 Å². The van der Waals surface area contributed by atoms with Crippen molar-refractivity contribution in [3.8, 4) is 0 Å². The first kappa shape index (κ1) is 14.9. The van der Waals surface area contributed by atoms with Crippen LogP contribution in [0.1, 0.15) is 36.9 Å². The lowest BCUT2D eigenvalue weighted by Gasteiger charge is -2.23. The first-order valence-electron chi connectivity index (χ1n) is 5.58. The van der Waals surface area contributed by atoms with Crippen molar-refractivity contribution < 1.29 is 22.7 Å². The number of aliphatic hydroxyl groups excluding tert-OH is 1. The molecule has 18 heavy (non-hydrogen) atoms. The lowest BCUT2D eigenvalue weighted by molar-refractivity contribution is -0.138. The molecule has 6 heteroatoms. The summed E-state index contributed by atoms with van der Waals surface area (Å²) in [6, 6.07) is 1.25. The van der Waals surface area contributed by atoms with E-state index in [4.69, 9.17) is 5.73 Å². The number of hydrogen-bond donors (Lipinski definition) is 2. The number of aliphatic hydroxyl groups is 1. The van der Waals surface area contributed by atoms with Crippen molar-refractivity contribution in [3.05, 3.63) is 35.1 Å². The summed E-state index contributed by atoms with van der Waals surface area (Å²) in [5, 5.41) is 9.63. The van der Waals surface area contributed by atoms with E-state index in [0.717, 1.165) is 18.2 Å². The summed E-state index contributed by atoms with van der Waals surface area (Å²) in [5.74, 6) is -1.05. The molecule has 0 saturated heterocycles. The molecule has 0 fully saturated rings. The van der Waals surface area contributed by atoms with E-state index in [9.17, 15) is 22.7 Å². The van der Waals surface area contributed by atoms with Gasteiger partial charge in [-0.3, -0.25) is 0 Å². The van der Waals surface area contributed by atoms with Crippen LogP contribution >= 0.6 is 0 Å².